The maximum atomic E-state index is 13.6. The molecule has 0 bridgehead atoms. The van der Waals surface area contributed by atoms with Crippen LogP contribution >= 0.6 is 0 Å². The monoisotopic (exact) mass is 577 g/mol. The normalized spacial score (nSPS) is 15.0. The first-order valence-corrected chi connectivity index (χ1v) is 14.7. The molecule has 0 spiro atoms. The second kappa shape index (κ2) is 14.2. The SMILES string of the molecule is COc1cc(C#CCNC(=O)OC(C)(C)C)ccc1CN1CCCN(c2ccc(OC)c(OCCCC3CC3)c2)C1=O. The molecule has 4 rings (SSSR count). The van der Waals surface area contributed by atoms with Gasteiger partial charge >= 0.3 is 12.1 Å². The van der Waals surface area contributed by atoms with Crippen LogP contribution in [0.1, 0.15) is 64.0 Å². The number of rotatable bonds is 11. The molecule has 0 aromatic heterocycles. The Hall–Kier alpha value is -4.06. The fraction of sp³-hybridized carbons (Fsp3) is 0.515. The van der Waals surface area contributed by atoms with Crippen LogP contribution in [0.15, 0.2) is 36.4 Å². The van der Waals surface area contributed by atoms with Crippen LogP contribution in [-0.2, 0) is 11.3 Å². The van der Waals surface area contributed by atoms with E-state index in [2.05, 4.69) is 17.2 Å². The molecule has 2 aromatic rings. The molecular weight excluding hydrogens is 534 g/mol. The van der Waals surface area contributed by atoms with Crippen molar-refractivity contribution < 1.29 is 28.5 Å². The van der Waals surface area contributed by atoms with E-state index >= 15 is 0 Å². The largest absolute Gasteiger partial charge is 0.496 e. The minimum absolute atomic E-state index is 0.0646. The van der Waals surface area contributed by atoms with E-state index in [1.807, 2.05) is 62.1 Å². The Labute approximate surface area is 249 Å². The van der Waals surface area contributed by atoms with Gasteiger partial charge in [0.1, 0.15) is 11.4 Å². The molecule has 1 saturated heterocycles. The van der Waals surface area contributed by atoms with Gasteiger partial charge in [-0.05, 0) is 70.2 Å². The third kappa shape index (κ3) is 8.97. The minimum Gasteiger partial charge on any atom is -0.496 e. The number of hydrogen-bond acceptors (Lipinski definition) is 6. The summed E-state index contributed by atoms with van der Waals surface area (Å²) in [5, 5.41) is 2.62. The van der Waals surface area contributed by atoms with E-state index in [0.717, 1.165) is 35.6 Å². The van der Waals surface area contributed by atoms with Crippen LogP contribution in [0.4, 0.5) is 15.3 Å². The zero-order chi connectivity index (χ0) is 30.1. The predicted octanol–water partition coefficient (Wildman–Crippen LogP) is 5.98. The van der Waals surface area contributed by atoms with Gasteiger partial charge in [-0.1, -0.05) is 30.7 Å². The summed E-state index contributed by atoms with van der Waals surface area (Å²) < 4.78 is 22.4. The fourth-order valence-electron chi connectivity index (χ4n) is 4.81. The quantitative estimate of drug-likeness (QED) is 0.261. The van der Waals surface area contributed by atoms with Gasteiger partial charge in [-0.2, -0.15) is 0 Å². The molecular formula is C33H43N3O6. The zero-order valence-corrected chi connectivity index (χ0v) is 25.5. The van der Waals surface area contributed by atoms with Gasteiger partial charge < -0.3 is 29.2 Å². The molecule has 1 aliphatic heterocycles. The van der Waals surface area contributed by atoms with Gasteiger partial charge in [0.25, 0.3) is 0 Å². The summed E-state index contributed by atoms with van der Waals surface area (Å²) in [5.74, 6) is 8.82. The van der Waals surface area contributed by atoms with Crippen molar-refractivity contribution in [1.29, 1.82) is 0 Å². The van der Waals surface area contributed by atoms with Gasteiger partial charge in [-0.25, -0.2) is 9.59 Å². The third-order valence-electron chi connectivity index (χ3n) is 7.08. The smallest absolute Gasteiger partial charge is 0.408 e. The Kier molecular flexibility index (Phi) is 10.5. The first kappa shape index (κ1) is 30.9. The van der Waals surface area contributed by atoms with Gasteiger partial charge in [-0.15, -0.1) is 0 Å². The summed E-state index contributed by atoms with van der Waals surface area (Å²) >= 11 is 0. The Morgan fingerprint density at radius 3 is 2.52 bits per heavy atom. The summed E-state index contributed by atoms with van der Waals surface area (Å²) in [6.07, 6.45) is 5.23. The predicted molar refractivity (Wildman–Crippen MR) is 162 cm³/mol. The number of nitrogens with zero attached hydrogens (tertiary/aromatic N) is 2. The number of urea groups is 1. The van der Waals surface area contributed by atoms with Crippen molar-refractivity contribution in [2.24, 2.45) is 5.92 Å². The molecule has 9 nitrogen and oxygen atoms in total. The molecule has 1 heterocycles. The van der Waals surface area contributed by atoms with Gasteiger partial charge in [0.05, 0.1) is 33.9 Å². The number of ether oxygens (including phenoxy) is 4. The van der Waals surface area contributed by atoms with Gasteiger partial charge in [-0.3, -0.25) is 4.90 Å². The second-order valence-corrected chi connectivity index (χ2v) is 11.7. The molecule has 226 valence electrons. The summed E-state index contributed by atoms with van der Waals surface area (Å²) in [4.78, 5) is 29.0. The van der Waals surface area contributed by atoms with Crippen LogP contribution in [0, 0.1) is 17.8 Å². The van der Waals surface area contributed by atoms with Crippen LogP contribution in [0.3, 0.4) is 0 Å². The molecule has 0 unspecified atom stereocenters. The van der Waals surface area contributed by atoms with Gasteiger partial charge in [0, 0.05) is 36.0 Å². The van der Waals surface area contributed by atoms with Crippen LogP contribution in [0.5, 0.6) is 17.2 Å². The van der Waals surface area contributed by atoms with E-state index in [1.54, 1.807) is 19.1 Å². The first-order valence-electron chi connectivity index (χ1n) is 14.7. The third-order valence-corrected chi connectivity index (χ3v) is 7.08. The van der Waals surface area contributed by atoms with Crippen molar-refractivity contribution in [1.82, 2.24) is 10.2 Å². The number of methoxy groups -OCH3 is 2. The van der Waals surface area contributed by atoms with Crippen molar-refractivity contribution in [3.05, 3.63) is 47.5 Å². The zero-order valence-electron chi connectivity index (χ0n) is 25.5. The average Bonchev–Trinajstić information content (AvgIpc) is 3.78. The maximum absolute atomic E-state index is 13.6. The molecule has 1 aliphatic carbocycles. The molecule has 1 saturated carbocycles. The Balaban J connectivity index is 1.38. The van der Waals surface area contributed by atoms with Crippen molar-refractivity contribution in [3.63, 3.8) is 0 Å². The van der Waals surface area contributed by atoms with Crippen molar-refractivity contribution in [2.45, 2.75) is 65.0 Å². The van der Waals surface area contributed by atoms with Crippen molar-refractivity contribution >= 4 is 17.8 Å². The Bertz CT molecular complexity index is 1310. The number of carbonyl (C=O) groups is 2. The summed E-state index contributed by atoms with van der Waals surface area (Å²) in [6, 6.07) is 11.3. The molecule has 3 amide bonds. The number of hydrogen-bond donors (Lipinski definition) is 1. The molecule has 42 heavy (non-hydrogen) atoms. The minimum atomic E-state index is -0.561. The highest BCUT2D eigenvalue weighted by atomic mass is 16.6. The number of alkyl carbamates (subject to hydrolysis) is 1. The maximum Gasteiger partial charge on any atom is 0.408 e. The van der Waals surface area contributed by atoms with Crippen LogP contribution in [0.2, 0.25) is 0 Å². The van der Waals surface area contributed by atoms with Gasteiger partial charge in [0.15, 0.2) is 11.5 Å². The average molecular weight is 578 g/mol. The lowest BCUT2D eigenvalue weighted by atomic mass is 10.1. The fourth-order valence-corrected chi connectivity index (χ4v) is 4.81. The highest BCUT2D eigenvalue weighted by Gasteiger charge is 2.28. The summed E-state index contributed by atoms with van der Waals surface area (Å²) in [6.45, 7) is 7.91. The summed E-state index contributed by atoms with van der Waals surface area (Å²) in [7, 11) is 3.24. The van der Waals surface area contributed by atoms with E-state index in [9.17, 15) is 9.59 Å². The summed E-state index contributed by atoms with van der Waals surface area (Å²) in [5.41, 5.74) is 1.87. The molecule has 2 fully saturated rings. The molecule has 2 aromatic carbocycles. The molecule has 9 heteroatoms. The number of benzene rings is 2. The molecule has 0 atom stereocenters. The molecule has 0 radical (unpaired) electrons. The van der Waals surface area contributed by atoms with E-state index < -0.39 is 11.7 Å². The highest BCUT2D eigenvalue weighted by Crippen LogP contribution is 2.35. The number of carbonyl (C=O) groups excluding carboxylic acids is 2. The lowest BCUT2D eigenvalue weighted by molar-refractivity contribution is 0.0535. The Morgan fingerprint density at radius 2 is 1.81 bits per heavy atom. The lowest BCUT2D eigenvalue weighted by Gasteiger charge is -2.36. The second-order valence-electron chi connectivity index (χ2n) is 11.7. The van der Waals surface area contributed by atoms with E-state index in [0.29, 0.717) is 43.5 Å². The van der Waals surface area contributed by atoms with Crippen LogP contribution in [0.25, 0.3) is 0 Å². The van der Waals surface area contributed by atoms with Crippen LogP contribution < -0.4 is 24.4 Å². The van der Waals surface area contributed by atoms with Gasteiger partial charge in [0.2, 0.25) is 0 Å². The van der Waals surface area contributed by atoms with Crippen LogP contribution in [-0.4, -0.2) is 63.1 Å². The van der Waals surface area contributed by atoms with E-state index in [-0.39, 0.29) is 12.6 Å². The Morgan fingerprint density at radius 1 is 1.02 bits per heavy atom. The lowest BCUT2D eigenvalue weighted by Crippen LogP contribution is -2.49. The molecule has 2 aliphatic rings. The molecule has 1 N–H and O–H groups in total. The van der Waals surface area contributed by atoms with E-state index in [4.69, 9.17) is 18.9 Å². The van der Waals surface area contributed by atoms with Crippen molar-refractivity contribution in [3.8, 4) is 29.1 Å². The van der Waals surface area contributed by atoms with E-state index in [1.165, 1.54) is 19.3 Å². The number of amides is 3. The first-order chi connectivity index (χ1) is 20.2. The number of nitrogens with one attached hydrogen (secondary N) is 1. The highest BCUT2D eigenvalue weighted by molar-refractivity contribution is 5.93. The standard InChI is InChI=1S/C33H43N3O6/c1-33(2,3)42-31(37)34-17-6-9-25-13-14-26(29(21-25)40-5)23-35-18-8-19-36(32(35)38)27-15-16-28(39-4)30(22-27)41-20-7-10-24-11-12-24/h13-16,21-22,24H,7-8,10-12,17-20,23H2,1-5H3,(H,34,37). The van der Waals surface area contributed by atoms with Crippen molar-refractivity contribution in [2.75, 3.05) is 45.4 Å². The topological polar surface area (TPSA) is 89.6 Å². The number of anilines is 1.